The average Bonchev–Trinajstić information content (AvgIpc) is 2.77. The van der Waals surface area contributed by atoms with Crippen LogP contribution in [0.2, 0.25) is 0 Å². The van der Waals surface area contributed by atoms with Crippen LogP contribution in [-0.4, -0.2) is 48.8 Å². The van der Waals surface area contributed by atoms with Gasteiger partial charge in [-0.25, -0.2) is 0 Å². The number of hydrogen-bond donors (Lipinski definition) is 1. The minimum Gasteiger partial charge on any atom is -0.377 e. The first-order chi connectivity index (χ1) is 7.16. The van der Waals surface area contributed by atoms with E-state index in [1.165, 1.54) is 25.9 Å². The Labute approximate surface area is 93.2 Å². The Bertz CT molecular complexity index is 208. The lowest BCUT2D eigenvalue weighted by Gasteiger charge is -2.23. The molecule has 2 heterocycles. The summed E-state index contributed by atoms with van der Waals surface area (Å²) in [6, 6.07) is 1.96. The van der Waals surface area contributed by atoms with E-state index in [0.29, 0.717) is 24.2 Å². The number of nitrogens with zero attached hydrogens (tertiary/aromatic N) is 1. The van der Waals surface area contributed by atoms with Crippen molar-refractivity contribution < 1.29 is 4.74 Å². The van der Waals surface area contributed by atoms with Gasteiger partial charge in [-0.1, -0.05) is 0 Å². The number of ether oxygens (including phenoxy) is 1. The van der Waals surface area contributed by atoms with Crippen LogP contribution in [-0.2, 0) is 4.74 Å². The number of likely N-dealkylation sites (tertiary alicyclic amines) is 1. The minimum atomic E-state index is 0.401. The highest BCUT2D eigenvalue weighted by Crippen LogP contribution is 2.17. The molecular formula is C12H24N2O. The molecule has 2 fully saturated rings. The van der Waals surface area contributed by atoms with Gasteiger partial charge < -0.3 is 10.1 Å². The van der Waals surface area contributed by atoms with Crippen LogP contribution in [0.25, 0.3) is 0 Å². The Kier molecular flexibility index (Phi) is 3.65. The topological polar surface area (TPSA) is 24.5 Å². The third-order valence-electron chi connectivity index (χ3n) is 3.78. The summed E-state index contributed by atoms with van der Waals surface area (Å²) in [5, 5.41) is 3.75. The summed E-state index contributed by atoms with van der Waals surface area (Å²) in [5.41, 5.74) is 0. The van der Waals surface area contributed by atoms with Crippen LogP contribution in [0.15, 0.2) is 0 Å². The molecule has 0 bridgehead atoms. The largest absolute Gasteiger partial charge is 0.377 e. The van der Waals surface area contributed by atoms with Gasteiger partial charge in [0.2, 0.25) is 0 Å². The summed E-state index contributed by atoms with van der Waals surface area (Å²) >= 11 is 0. The monoisotopic (exact) mass is 212 g/mol. The molecule has 88 valence electrons. The summed E-state index contributed by atoms with van der Waals surface area (Å²) in [6.07, 6.45) is 2.87. The van der Waals surface area contributed by atoms with Gasteiger partial charge >= 0.3 is 0 Å². The molecule has 0 aliphatic carbocycles. The third-order valence-corrected chi connectivity index (χ3v) is 3.78. The van der Waals surface area contributed by atoms with Crippen molar-refractivity contribution in [1.82, 2.24) is 10.2 Å². The zero-order valence-corrected chi connectivity index (χ0v) is 10.2. The van der Waals surface area contributed by atoms with E-state index in [-0.39, 0.29) is 0 Å². The van der Waals surface area contributed by atoms with E-state index in [9.17, 15) is 0 Å². The predicted molar refractivity (Wildman–Crippen MR) is 62.1 cm³/mol. The first-order valence-electron chi connectivity index (χ1n) is 6.28. The van der Waals surface area contributed by atoms with Crippen LogP contribution in [0.1, 0.15) is 33.6 Å². The normalized spacial score (nSPS) is 38.0. The van der Waals surface area contributed by atoms with E-state index in [1.54, 1.807) is 0 Å². The summed E-state index contributed by atoms with van der Waals surface area (Å²) < 4.78 is 5.57. The molecule has 2 aliphatic heterocycles. The molecule has 0 radical (unpaired) electrons. The van der Waals surface area contributed by atoms with Gasteiger partial charge in [-0.3, -0.25) is 4.90 Å². The Balaban J connectivity index is 1.77. The van der Waals surface area contributed by atoms with Crippen LogP contribution in [0.4, 0.5) is 0 Å². The number of nitrogens with one attached hydrogen (secondary N) is 1. The first kappa shape index (κ1) is 11.4. The van der Waals surface area contributed by atoms with Crippen molar-refractivity contribution in [2.75, 3.05) is 19.7 Å². The third kappa shape index (κ3) is 2.71. The second-order valence-corrected chi connectivity index (χ2v) is 5.21. The molecule has 2 saturated heterocycles. The standard InChI is InChI=1S/C12H24N2O/c1-9(2)14-6-4-11(8-14)13-12-5-7-15-10(12)3/h9-13H,4-8H2,1-3H3. The van der Waals surface area contributed by atoms with E-state index in [2.05, 4.69) is 31.0 Å². The average molecular weight is 212 g/mol. The summed E-state index contributed by atoms with van der Waals surface area (Å²) in [6.45, 7) is 10.1. The lowest BCUT2D eigenvalue weighted by atomic mass is 10.1. The van der Waals surface area contributed by atoms with Gasteiger partial charge in [-0.05, 0) is 40.2 Å². The van der Waals surface area contributed by atoms with Gasteiger partial charge in [0.15, 0.2) is 0 Å². The van der Waals surface area contributed by atoms with Crippen molar-refractivity contribution in [3.63, 3.8) is 0 Å². The first-order valence-corrected chi connectivity index (χ1v) is 6.28. The Morgan fingerprint density at radius 1 is 1.33 bits per heavy atom. The summed E-state index contributed by atoms with van der Waals surface area (Å²) in [7, 11) is 0. The predicted octanol–water partition coefficient (Wildman–Crippen LogP) is 1.24. The highest BCUT2D eigenvalue weighted by Gasteiger charge is 2.30. The maximum absolute atomic E-state index is 5.57. The summed E-state index contributed by atoms with van der Waals surface area (Å²) in [4.78, 5) is 2.55. The maximum atomic E-state index is 5.57. The fraction of sp³-hybridized carbons (Fsp3) is 1.00. The quantitative estimate of drug-likeness (QED) is 0.761. The molecule has 0 aromatic heterocycles. The smallest absolute Gasteiger partial charge is 0.0700 e. The zero-order chi connectivity index (χ0) is 10.8. The SMILES string of the molecule is CC1OCCC1NC1CCN(C(C)C)C1. The molecule has 1 N–H and O–H groups in total. The molecule has 2 aliphatic rings. The van der Waals surface area contributed by atoms with Gasteiger partial charge in [0.05, 0.1) is 6.10 Å². The molecule has 2 rings (SSSR count). The van der Waals surface area contributed by atoms with Crippen molar-refractivity contribution in [2.24, 2.45) is 0 Å². The van der Waals surface area contributed by atoms with Crippen molar-refractivity contribution in [1.29, 1.82) is 0 Å². The molecule has 0 spiro atoms. The molecule has 3 heteroatoms. The van der Waals surface area contributed by atoms with Crippen LogP contribution in [0, 0.1) is 0 Å². The molecule has 0 aromatic rings. The second-order valence-electron chi connectivity index (χ2n) is 5.21. The van der Waals surface area contributed by atoms with Gasteiger partial charge in [-0.15, -0.1) is 0 Å². The lowest BCUT2D eigenvalue weighted by molar-refractivity contribution is 0.111. The van der Waals surface area contributed by atoms with E-state index in [1.807, 2.05) is 0 Å². The molecule has 15 heavy (non-hydrogen) atoms. The van der Waals surface area contributed by atoms with Gasteiger partial charge in [0.25, 0.3) is 0 Å². The lowest BCUT2D eigenvalue weighted by Crippen LogP contribution is -2.43. The molecule has 3 unspecified atom stereocenters. The number of hydrogen-bond acceptors (Lipinski definition) is 3. The second kappa shape index (κ2) is 4.81. The van der Waals surface area contributed by atoms with Gasteiger partial charge in [0, 0.05) is 31.3 Å². The van der Waals surface area contributed by atoms with Crippen LogP contribution in [0.3, 0.4) is 0 Å². The van der Waals surface area contributed by atoms with Crippen molar-refractivity contribution >= 4 is 0 Å². The minimum absolute atomic E-state index is 0.401. The van der Waals surface area contributed by atoms with Crippen LogP contribution >= 0.6 is 0 Å². The molecule has 0 saturated carbocycles. The highest BCUT2D eigenvalue weighted by molar-refractivity contribution is 4.88. The maximum Gasteiger partial charge on any atom is 0.0700 e. The molecule has 3 nitrogen and oxygen atoms in total. The van der Waals surface area contributed by atoms with E-state index >= 15 is 0 Å². The Hall–Kier alpha value is -0.120. The van der Waals surface area contributed by atoms with Gasteiger partial charge in [-0.2, -0.15) is 0 Å². The van der Waals surface area contributed by atoms with Crippen molar-refractivity contribution in [3.05, 3.63) is 0 Å². The molecule has 3 atom stereocenters. The zero-order valence-electron chi connectivity index (χ0n) is 10.2. The number of rotatable bonds is 3. The Morgan fingerprint density at radius 2 is 2.13 bits per heavy atom. The molecular weight excluding hydrogens is 188 g/mol. The van der Waals surface area contributed by atoms with Crippen LogP contribution in [0.5, 0.6) is 0 Å². The van der Waals surface area contributed by atoms with Crippen molar-refractivity contribution in [2.45, 2.75) is 57.8 Å². The van der Waals surface area contributed by atoms with Crippen LogP contribution < -0.4 is 5.32 Å². The van der Waals surface area contributed by atoms with E-state index in [0.717, 1.165) is 6.61 Å². The van der Waals surface area contributed by atoms with E-state index in [4.69, 9.17) is 4.74 Å². The van der Waals surface area contributed by atoms with E-state index < -0.39 is 0 Å². The fourth-order valence-corrected chi connectivity index (χ4v) is 2.65. The molecule has 0 aromatic carbocycles. The van der Waals surface area contributed by atoms with Crippen molar-refractivity contribution in [3.8, 4) is 0 Å². The summed E-state index contributed by atoms with van der Waals surface area (Å²) in [5.74, 6) is 0. The van der Waals surface area contributed by atoms with Gasteiger partial charge in [0.1, 0.15) is 0 Å². The molecule has 0 amide bonds. The Morgan fingerprint density at radius 3 is 2.67 bits per heavy atom. The highest BCUT2D eigenvalue weighted by atomic mass is 16.5. The fourth-order valence-electron chi connectivity index (χ4n) is 2.65.